The van der Waals surface area contributed by atoms with Crippen LogP contribution in [0.1, 0.15) is 27.2 Å². The number of likely N-dealkylation sites (N-methyl/N-ethyl adjacent to an activating group) is 2. The maximum Gasteiger partial charge on any atom is 0.407 e. The number of rotatable bonds is 3. The van der Waals surface area contributed by atoms with E-state index >= 15 is 0 Å². The van der Waals surface area contributed by atoms with Gasteiger partial charge >= 0.3 is 6.09 Å². The summed E-state index contributed by atoms with van der Waals surface area (Å²) in [6.07, 6.45) is 0.547. The van der Waals surface area contributed by atoms with Gasteiger partial charge in [-0.15, -0.1) is 0 Å². The van der Waals surface area contributed by atoms with E-state index in [1.165, 1.54) is 0 Å². The number of hydrogen-bond donors (Lipinski definition) is 2. The number of nitrogens with one attached hydrogen (secondary N) is 2. The molecule has 2 rings (SSSR count). The van der Waals surface area contributed by atoms with Crippen molar-refractivity contribution >= 4 is 12.1 Å². The first kappa shape index (κ1) is 20.8. The highest BCUT2D eigenvalue weighted by atomic mass is 16.6. The van der Waals surface area contributed by atoms with Crippen LogP contribution in [0.5, 0.6) is 0 Å². The number of carbonyl (C=O) groups is 1. The summed E-state index contributed by atoms with van der Waals surface area (Å²) in [5.41, 5.74) is -0.473. The molecule has 0 radical (unpaired) electrons. The number of hydrogen-bond acceptors (Lipinski definition) is 5. The number of alkyl carbamates (subject to hydrolysis) is 1. The zero-order chi connectivity index (χ0) is 19.3. The summed E-state index contributed by atoms with van der Waals surface area (Å²) < 4.78 is 5.35. The average Bonchev–Trinajstić information content (AvgIpc) is 2.97. The fourth-order valence-corrected chi connectivity index (χ4v) is 3.41. The van der Waals surface area contributed by atoms with Gasteiger partial charge in [0, 0.05) is 52.4 Å². The van der Waals surface area contributed by atoms with Gasteiger partial charge in [-0.25, -0.2) is 4.79 Å². The molecule has 2 heterocycles. The number of nitrogens with zero attached hydrogens (tertiary/aromatic N) is 4. The lowest BCUT2D eigenvalue weighted by Gasteiger charge is -2.38. The van der Waals surface area contributed by atoms with Crippen LogP contribution in [0.25, 0.3) is 0 Å². The fraction of sp³-hybridized carbons (Fsp3) is 0.889. The second-order valence-corrected chi connectivity index (χ2v) is 8.40. The molecular weight excluding hydrogens is 332 g/mol. The number of guanidine groups is 1. The van der Waals surface area contributed by atoms with Crippen molar-refractivity contribution in [3.63, 3.8) is 0 Å². The van der Waals surface area contributed by atoms with Crippen molar-refractivity contribution in [2.45, 2.75) is 44.9 Å². The third kappa shape index (κ3) is 6.32. The van der Waals surface area contributed by atoms with Gasteiger partial charge in [0.15, 0.2) is 5.96 Å². The molecule has 2 fully saturated rings. The summed E-state index contributed by atoms with van der Waals surface area (Å²) in [6.45, 7) is 11.4. The van der Waals surface area contributed by atoms with Crippen molar-refractivity contribution < 1.29 is 9.53 Å². The molecule has 2 aliphatic heterocycles. The van der Waals surface area contributed by atoms with Gasteiger partial charge < -0.3 is 25.2 Å². The van der Waals surface area contributed by atoms with Gasteiger partial charge in [0.1, 0.15) is 5.60 Å². The first-order valence-electron chi connectivity index (χ1n) is 9.52. The Kier molecular flexibility index (Phi) is 7.11. The zero-order valence-corrected chi connectivity index (χ0v) is 17.2. The summed E-state index contributed by atoms with van der Waals surface area (Å²) in [6, 6.07) is 0.565. The summed E-state index contributed by atoms with van der Waals surface area (Å²) in [4.78, 5) is 23.3. The Bertz CT molecular complexity index is 504. The fourth-order valence-electron chi connectivity index (χ4n) is 3.41. The monoisotopic (exact) mass is 368 g/mol. The van der Waals surface area contributed by atoms with Crippen LogP contribution in [0.2, 0.25) is 0 Å². The van der Waals surface area contributed by atoms with Gasteiger partial charge in [-0.1, -0.05) is 0 Å². The molecule has 2 atom stereocenters. The van der Waals surface area contributed by atoms with Crippen molar-refractivity contribution in [3.05, 3.63) is 0 Å². The number of aliphatic imine (C=N–C) groups is 1. The van der Waals surface area contributed by atoms with E-state index in [0.717, 1.165) is 51.6 Å². The van der Waals surface area contributed by atoms with Gasteiger partial charge in [0.2, 0.25) is 0 Å². The third-order valence-electron chi connectivity index (χ3n) is 4.90. The molecule has 150 valence electrons. The number of likely N-dealkylation sites (tertiary alicyclic amines) is 1. The standard InChI is InChI=1S/C18H36N6O2/c1-18(2,3)26-17(25)21-14-7-8-24(12-14)16(19-4)20-11-15-13-22(5)9-10-23(15)6/h14-15H,7-13H2,1-6H3,(H,19,20)(H,21,25). The summed E-state index contributed by atoms with van der Waals surface area (Å²) >= 11 is 0. The van der Waals surface area contributed by atoms with Crippen LogP contribution in [0.3, 0.4) is 0 Å². The normalized spacial score (nSPS) is 26.1. The van der Waals surface area contributed by atoms with E-state index in [0.29, 0.717) is 6.04 Å². The van der Waals surface area contributed by atoms with E-state index in [9.17, 15) is 4.79 Å². The van der Waals surface area contributed by atoms with E-state index < -0.39 is 5.60 Å². The molecular formula is C18H36N6O2. The molecule has 2 N–H and O–H groups in total. The molecule has 2 aliphatic rings. The summed E-state index contributed by atoms with van der Waals surface area (Å²) in [5.74, 6) is 0.903. The number of ether oxygens (including phenoxy) is 1. The Labute approximate surface area is 157 Å². The quantitative estimate of drug-likeness (QED) is 0.555. The molecule has 1 amide bonds. The van der Waals surface area contributed by atoms with Crippen molar-refractivity contribution in [1.82, 2.24) is 25.3 Å². The van der Waals surface area contributed by atoms with Gasteiger partial charge in [-0.2, -0.15) is 0 Å². The third-order valence-corrected chi connectivity index (χ3v) is 4.90. The maximum absolute atomic E-state index is 12.0. The summed E-state index contributed by atoms with van der Waals surface area (Å²) in [5, 5.41) is 6.47. The molecule has 0 aromatic carbocycles. The molecule has 0 spiro atoms. The molecule has 2 unspecified atom stereocenters. The lowest BCUT2D eigenvalue weighted by atomic mass is 10.2. The topological polar surface area (TPSA) is 72.4 Å². The average molecular weight is 369 g/mol. The Balaban J connectivity index is 1.79. The zero-order valence-electron chi connectivity index (χ0n) is 17.2. The lowest BCUT2D eigenvalue weighted by Crippen LogP contribution is -2.55. The highest BCUT2D eigenvalue weighted by Gasteiger charge is 2.29. The van der Waals surface area contributed by atoms with Crippen LogP contribution >= 0.6 is 0 Å². The second kappa shape index (κ2) is 8.90. The lowest BCUT2D eigenvalue weighted by molar-refractivity contribution is 0.0507. The Morgan fingerprint density at radius 1 is 1.19 bits per heavy atom. The summed E-state index contributed by atoms with van der Waals surface area (Å²) in [7, 11) is 6.16. The molecule has 0 aliphatic carbocycles. The Morgan fingerprint density at radius 2 is 1.92 bits per heavy atom. The van der Waals surface area contributed by atoms with E-state index in [4.69, 9.17) is 4.74 Å². The van der Waals surface area contributed by atoms with Gasteiger partial charge in [0.25, 0.3) is 0 Å². The molecule has 26 heavy (non-hydrogen) atoms. The SMILES string of the molecule is CN=C(NCC1CN(C)CCN1C)N1CCC(NC(=O)OC(C)(C)C)C1. The minimum Gasteiger partial charge on any atom is -0.444 e. The molecule has 2 saturated heterocycles. The number of piperazine rings is 1. The van der Waals surface area contributed by atoms with Gasteiger partial charge in [-0.05, 0) is 41.3 Å². The van der Waals surface area contributed by atoms with E-state index in [-0.39, 0.29) is 12.1 Å². The van der Waals surface area contributed by atoms with Crippen LogP contribution in [0.4, 0.5) is 4.79 Å². The van der Waals surface area contributed by atoms with Crippen LogP contribution in [-0.2, 0) is 4.74 Å². The smallest absolute Gasteiger partial charge is 0.407 e. The first-order chi connectivity index (χ1) is 12.2. The molecule has 0 saturated carbocycles. The van der Waals surface area contributed by atoms with Crippen molar-refractivity contribution in [2.24, 2.45) is 4.99 Å². The van der Waals surface area contributed by atoms with Crippen LogP contribution in [0, 0.1) is 0 Å². The van der Waals surface area contributed by atoms with Gasteiger partial charge in [0.05, 0.1) is 6.04 Å². The Morgan fingerprint density at radius 3 is 2.58 bits per heavy atom. The predicted molar refractivity (Wildman–Crippen MR) is 105 cm³/mol. The molecule has 8 nitrogen and oxygen atoms in total. The highest BCUT2D eigenvalue weighted by Crippen LogP contribution is 2.12. The first-order valence-corrected chi connectivity index (χ1v) is 9.52. The number of amides is 1. The van der Waals surface area contributed by atoms with Gasteiger partial charge in [-0.3, -0.25) is 9.89 Å². The molecule has 8 heteroatoms. The second-order valence-electron chi connectivity index (χ2n) is 8.40. The van der Waals surface area contributed by atoms with Crippen molar-refractivity contribution in [1.29, 1.82) is 0 Å². The van der Waals surface area contributed by atoms with E-state index in [2.05, 4.69) is 44.4 Å². The van der Waals surface area contributed by atoms with Crippen molar-refractivity contribution in [3.8, 4) is 0 Å². The molecule has 0 aromatic rings. The number of carbonyl (C=O) groups excluding carboxylic acids is 1. The Hall–Kier alpha value is -1.54. The van der Waals surface area contributed by atoms with Crippen LogP contribution in [-0.4, -0.2) is 105 Å². The highest BCUT2D eigenvalue weighted by molar-refractivity contribution is 5.80. The maximum atomic E-state index is 12.0. The molecule has 0 aromatic heterocycles. The largest absolute Gasteiger partial charge is 0.444 e. The minimum absolute atomic E-state index is 0.0897. The predicted octanol–water partition coefficient (Wildman–Crippen LogP) is 0.407. The van der Waals surface area contributed by atoms with Crippen LogP contribution < -0.4 is 10.6 Å². The van der Waals surface area contributed by atoms with E-state index in [1.54, 1.807) is 0 Å². The van der Waals surface area contributed by atoms with Crippen LogP contribution in [0.15, 0.2) is 4.99 Å². The van der Waals surface area contributed by atoms with E-state index in [1.807, 2.05) is 27.8 Å². The molecule has 0 bridgehead atoms. The van der Waals surface area contributed by atoms with Crippen molar-refractivity contribution in [2.75, 3.05) is 60.4 Å². The minimum atomic E-state index is -0.473.